The molecule has 0 aliphatic heterocycles. The van der Waals surface area contributed by atoms with Crippen molar-refractivity contribution >= 4 is 17.5 Å². The number of nitrogens with one attached hydrogen (secondary N) is 1. The second-order valence-electron chi connectivity index (χ2n) is 5.90. The van der Waals surface area contributed by atoms with Crippen molar-refractivity contribution in [1.82, 2.24) is 5.32 Å². The SMILES string of the molecule is CC(C)[C@H](C)NC(=O)COc1ccc(-c2ccccc2)cc1Cl. The zero-order valence-electron chi connectivity index (χ0n) is 13.7. The van der Waals surface area contributed by atoms with Gasteiger partial charge < -0.3 is 10.1 Å². The highest BCUT2D eigenvalue weighted by Crippen LogP contribution is 2.30. The number of hydrogen-bond acceptors (Lipinski definition) is 2. The van der Waals surface area contributed by atoms with Crippen molar-refractivity contribution < 1.29 is 9.53 Å². The first-order valence-electron chi connectivity index (χ1n) is 7.74. The van der Waals surface area contributed by atoms with Crippen LogP contribution in [0, 0.1) is 5.92 Å². The first-order chi connectivity index (χ1) is 11.0. The third-order valence-electron chi connectivity index (χ3n) is 3.79. The molecule has 0 heterocycles. The lowest BCUT2D eigenvalue weighted by Crippen LogP contribution is -2.38. The van der Waals surface area contributed by atoms with Gasteiger partial charge in [0.25, 0.3) is 5.91 Å². The number of benzene rings is 2. The van der Waals surface area contributed by atoms with Crippen LogP contribution in [0.25, 0.3) is 11.1 Å². The molecule has 122 valence electrons. The molecule has 0 saturated heterocycles. The summed E-state index contributed by atoms with van der Waals surface area (Å²) in [6.45, 7) is 6.06. The molecule has 4 heteroatoms. The predicted molar refractivity (Wildman–Crippen MR) is 94.8 cm³/mol. The van der Waals surface area contributed by atoms with Crippen molar-refractivity contribution in [2.75, 3.05) is 6.61 Å². The Morgan fingerprint density at radius 2 is 1.78 bits per heavy atom. The summed E-state index contributed by atoms with van der Waals surface area (Å²) in [5.74, 6) is 0.751. The number of carbonyl (C=O) groups excluding carboxylic acids is 1. The van der Waals surface area contributed by atoms with Crippen LogP contribution in [0.1, 0.15) is 20.8 Å². The van der Waals surface area contributed by atoms with Gasteiger partial charge in [-0.2, -0.15) is 0 Å². The van der Waals surface area contributed by atoms with Crippen LogP contribution in [-0.2, 0) is 4.79 Å². The maximum Gasteiger partial charge on any atom is 0.258 e. The van der Waals surface area contributed by atoms with Gasteiger partial charge in [0.05, 0.1) is 5.02 Å². The standard InChI is InChI=1S/C19H22ClNO2/c1-13(2)14(3)21-19(22)12-23-18-10-9-16(11-17(18)20)15-7-5-4-6-8-15/h4-11,13-14H,12H2,1-3H3,(H,21,22)/t14-/m0/s1. The van der Waals surface area contributed by atoms with Crippen LogP contribution >= 0.6 is 11.6 Å². The Hall–Kier alpha value is -2.00. The van der Waals surface area contributed by atoms with Gasteiger partial charge in [-0.1, -0.05) is 61.8 Å². The second-order valence-corrected chi connectivity index (χ2v) is 6.31. The van der Waals surface area contributed by atoms with E-state index in [-0.39, 0.29) is 18.6 Å². The number of rotatable bonds is 6. The fourth-order valence-electron chi connectivity index (χ4n) is 2.03. The van der Waals surface area contributed by atoms with Crippen molar-refractivity contribution in [2.45, 2.75) is 26.8 Å². The van der Waals surface area contributed by atoms with Crippen molar-refractivity contribution in [3.05, 3.63) is 53.6 Å². The van der Waals surface area contributed by atoms with Gasteiger partial charge in [0.1, 0.15) is 5.75 Å². The molecule has 0 spiro atoms. The van der Waals surface area contributed by atoms with E-state index >= 15 is 0 Å². The summed E-state index contributed by atoms with van der Waals surface area (Å²) in [6, 6.07) is 15.7. The van der Waals surface area contributed by atoms with Crippen LogP contribution in [-0.4, -0.2) is 18.6 Å². The molecule has 0 saturated carbocycles. The summed E-state index contributed by atoms with van der Waals surface area (Å²) in [4.78, 5) is 11.9. The number of amides is 1. The monoisotopic (exact) mass is 331 g/mol. The first kappa shape index (κ1) is 17.4. The van der Waals surface area contributed by atoms with Crippen LogP contribution in [0.3, 0.4) is 0 Å². The van der Waals surface area contributed by atoms with Crippen molar-refractivity contribution in [3.63, 3.8) is 0 Å². The summed E-state index contributed by atoms with van der Waals surface area (Å²) < 4.78 is 5.53. The molecule has 1 amide bonds. The quantitative estimate of drug-likeness (QED) is 0.843. The molecule has 2 rings (SSSR count). The van der Waals surface area contributed by atoms with E-state index in [4.69, 9.17) is 16.3 Å². The van der Waals surface area contributed by atoms with Gasteiger partial charge in [0.15, 0.2) is 6.61 Å². The largest absolute Gasteiger partial charge is 0.482 e. The summed E-state index contributed by atoms with van der Waals surface area (Å²) >= 11 is 6.26. The Bertz CT molecular complexity index is 656. The van der Waals surface area contributed by atoms with E-state index in [1.54, 1.807) is 6.07 Å². The van der Waals surface area contributed by atoms with E-state index in [0.717, 1.165) is 11.1 Å². The Labute approximate surface area is 142 Å². The Morgan fingerprint density at radius 1 is 1.09 bits per heavy atom. The third-order valence-corrected chi connectivity index (χ3v) is 4.08. The molecule has 23 heavy (non-hydrogen) atoms. The topological polar surface area (TPSA) is 38.3 Å². The van der Waals surface area contributed by atoms with Crippen LogP contribution in [0.4, 0.5) is 0 Å². The molecule has 1 atom stereocenters. The molecule has 0 fully saturated rings. The second kappa shape index (κ2) is 8.02. The maximum absolute atomic E-state index is 11.9. The average Bonchev–Trinajstić information content (AvgIpc) is 2.54. The molecule has 2 aromatic carbocycles. The molecule has 3 nitrogen and oxygen atoms in total. The summed E-state index contributed by atoms with van der Waals surface area (Å²) in [5.41, 5.74) is 2.10. The van der Waals surface area contributed by atoms with E-state index in [2.05, 4.69) is 19.2 Å². The van der Waals surface area contributed by atoms with E-state index in [1.807, 2.05) is 49.4 Å². The minimum atomic E-state index is -0.144. The summed E-state index contributed by atoms with van der Waals surface area (Å²) in [7, 11) is 0. The van der Waals surface area contributed by atoms with E-state index in [0.29, 0.717) is 16.7 Å². The highest BCUT2D eigenvalue weighted by Gasteiger charge is 2.12. The molecule has 0 bridgehead atoms. The lowest BCUT2D eigenvalue weighted by molar-refractivity contribution is -0.123. The number of halogens is 1. The maximum atomic E-state index is 11.9. The zero-order valence-corrected chi connectivity index (χ0v) is 14.4. The average molecular weight is 332 g/mol. The van der Waals surface area contributed by atoms with Gasteiger partial charge in [-0.3, -0.25) is 4.79 Å². The lowest BCUT2D eigenvalue weighted by Gasteiger charge is -2.17. The molecule has 1 N–H and O–H groups in total. The molecular formula is C19H22ClNO2. The fourth-order valence-corrected chi connectivity index (χ4v) is 2.27. The fraction of sp³-hybridized carbons (Fsp3) is 0.316. The van der Waals surface area contributed by atoms with Crippen LogP contribution in [0.15, 0.2) is 48.5 Å². The van der Waals surface area contributed by atoms with E-state index in [1.165, 1.54) is 0 Å². The third kappa shape index (κ3) is 5.00. The van der Waals surface area contributed by atoms with Crippen molar-refractivity contribution in [1.29, 1.82) is 0 Å². The Morgan fingerprint density at radius 3 is 2.39 bits per heavy atom. The molecule has 2 aromatic rings. The van der Waals surface area contributed by atoms with Crippen LogP contribution in [0.2, 0.25) is 5.02 Å². The van der Waals surface area contributed by atoms with Gasteiger partial charge in [-0.25, -0.2) is 0 Å². The van der Waals surface area contributed by atoms with Crippen molar-refractivity contribution in [2.24, 2.45) is 5.92 Å². The normalized spacial score (nSPS) is 12.0. The predicted octanol–water partition coefficient (Wildman–Crippen LogP) is 4.55. The van der Waals surface area contributed by atoms with E-state index in [9.17, 15) is 4.79 Å². The van der Waals surface area contributed by atoms with E-state index < -0.39 is 0 Å². The van der Waals surface area contributed by atoms with Gasteiger partial charge in [0, 0.05) is 6.04 Å². The summed E-state index contributed by atoms with van der Waals surface area (Å²) in [5, 5.41) is 3.40. The van der Waals surface area contributed by atoms with Crippen LogP contribution in [0.5, 0.6) is 5.75 Å². The Kier molecular flexibility index (Phi) is 6.05. The minimum Gasteiger partial charge on any atom is -0.482 e. The van der Waals surface area contributed by atoms with Gasteiger partial charge >= 0.3 is 0 Å². The number of hydrogen-bond donors (Lipinski definition) is 1. The highest BCUT2D eigenvalue weighted by molar-refractivity contribution is 6.32. The Balaban J connectivity index is 1.98. The van der Waals surface area contributed by atoms with Gasteiger partial charge in [-0.15, -0.1) is 0 Å². The summed E-state index contributed by atoms with van der Waals surface area (Å²) in [6.07, 6.45) is 0. The molecule has 0 unspecified atom stereocenters. The first-order valence-corrected chi connectivity index (χ1v) is 8.12. The van der Waals surface area contributed by atoms with Gasteiger partial charge in [0.2, 0.25) is 0 Å². The highest BCUT2D eigenvalue weighted by atomic mass is 35.5. The lowest BCUT2D eigenvalue weighted by atomic mass is 10.1. The van der Waals surface area contributed by atoms with Crippen LogP contribution < -0.4 is 10.1 Å². The zero-order chi connectivity index (χ0) is 16.8. The van der Waals surface area contributed by atoms with Gasteiger partial charge in [-0.05, 0) is 36.1 Å². The number of ether oxygens (including phenoxy) is 1. The van der Waals surface area contributed by atoms with Crippen molar-refractivity contribution in [3.8, 4) is 16.9 Å². The molecule has 0 aliphatic carbocycles. The minimum absolute atomic E-state index is 0.0402. The molecule has 0 aromatic heterocycles. The smallest absolute Gasteiger partial charge is 0.258 e. The molecular weight excluding hydrogens is 310 g/mol. The number of carbonyl (C=O) groups is 1. The molecule has 0 aliphatic rings. The molecule has 0 radical (unpaired) electrons.